The number of likely N-dealkylation sites (tertiary alicyclic amines) is 1. The summed E-state index contributed by atoms with van der Waals surface area (Å²) in [5.41, 5.74) is 0. The van der Waals surface area contributed by atoms with Crippen LogP contribution in [-0.2, 0) is 11.3 Å². The first kappa shape index (κ1) is 18.4. The maximum absolute atomic E-state index is 12.9. The summed E-state index contributed by atoms with van der Waals surface area (Å²) >= 11 is 0. The molecule has 1 saturated heterocycles. The number of amides is 1. The Labute approximate surface area is 154 Å². The van der Waals surface area contributed by atoms with Crippen LogP contribution >= 0.6 is 0 Å². The number of hydrogen-bond donors (Lipinski definition) is 0. The van der Waals surface area contributed by atoms with Gasteiger partial charge in [-0.15, -0.1) is 0 Å². The normalized spacial score (nSPS) is 18.6. The number of hydrogen-bond acceptors (Lipinski definition) is 5. The number of carbonyl (C=O) groups is 1. The maximum Gasteiger partial charge on any atom is 0.247 e. The molecule has 0 spiro atoms. The lowest BCUT2D eigenvalue weighted by Crippen LogP contribution is -2.34. The molecule has 1 aliphatic heterocycles. The van der Waals surface area contributed by atoms with E-state index in [0.717, 1.165) is 38.1 Å². The summed E-state index contributed by atoms with van der Waals surface area (Å²) in [7, 11) is 0. The predicted molar refractivity (Wildman–Crippen MR) is 98.2 cm³/mol. The molecule has 0 radical (unpaired) electrons. The van der Waals surface area contributed by atoms with Crippen molar-refractivity contribution in [1.82, 2.24) is 24.6 Å². The molecule has 26 heavy (non-hydrogen) atoms. The van der Waals surface area contributed by atoms with Crippen LogP contribution in [0.2, 0.25) is 0 Å². The summed E-state index contributed by atoms with van der Waals surface area (Å²) < 4.78 is 7.36. The van der Waals surface area contributed by atoms with Crippen molar-refractivity contribution in [1.29, 1.82) is 0 Å². The summed E-state index contributed by atoms with van der Waals surface area (Å²) in [6.07, 6.45) is 11.1. The van der Waals surface area contributed by atoms with Crippen molar-refractivity contribution in [2.45, 2.75) is 65.0 Å². The second kappa shape index (κ2) is 8.29. The Bertz CT molecular complexity index is 762. The van der Waals surface area contributed by atoms with Gasteiger partial charge in [-0.3, -0.25) is 4.79 Å². The number of carbonyl (C=O) groups excluding carboxylic acids is 1. The SMILES string of the molecule is CCn1ccnc1/C=C/C(=O)N1CCCCCC1c1noc(C(C)C)n1. The quantitative estimate of drug-likeness (QED) is 0.765. The van der Waals surface area contributed by atoms with Gasteiger partial charge in [0.2, 0.25) is 11.8 Å². The van der Waals surface area contributed by atoms with E-state index in [2.05, 4.69) is 15.1 Å². The van der Waals surface area contributed by atoms with E-state index in [1.54, 1.807) is 18.3 Å². The second-order valence-electron chi connectivity index (χ2n) is 6.95. The van der Waals surface area contributed by atoms with Crippen LogP contribution in [0.15, 0.2) is 23.0 Å². The molecule has 0 aromatic carbocycles. The maximum atomic E-state index is 12.9. The van der Waals surface area contributed by atoms with Crippen LogP contribution in [0, 0.1) is 0 Å². The third kappa shape index (κ3) is 4.03. The standard InChI is InChI=1S/C19H27N5O2/c1-4-23-13-11-20-16(23)9-10-17(25)24-12-7-5-6-8-15(24)18-21-19(14(2)3)26-22-18/h9-11,13-15H,4-8,12H2,1-3H3/b10-9+. The zero-order chi connectivity index (χ0) is 18.5. The van der Waals surface area contributed by atoms with Crippen molar-refractivity contribution in [3.05, 3.63) is 36.0 Å². The van der Waals surface area contributed by atoms with Gasteiger partial charge in [0, 0.05) is 37.5 Å². The van der Waals surface area contributed by atoms with Crippen LogP contribution in [-0.4, -0.2) is 37.0 Å². The van der Waals surface area contributed by atoms with Crippen LogP contribution in [0.4, 0.5) is 0 Å². The van der Waals surface area contributed by atoms with Crippen molar-refractivity contribution >= 4 is 12.0 Å². The highest BCUT2D eigenvalue weighted by Crippen LogP contribution is 2.29. The van der Waals surface area contributed by atoms with E-state index in [1.807, 2.05) is 36.4 Å². The smallest absolute Gasteiger partial charge is 0.247 e. The van der Waals surface area contributed by atoms with Crippen molar-refractivity contribution in [3.63, 3.8) is 0 Å². The minimum absolute atomic E-state index is 0.0292. The summed E-state index contributed by atoms with van der Waals surface area (Å²) in [6, 6.07) is -0.128. The zero-order valence-electron chi connectivity index (χ0n) is 15.8. The fourth-order valence-electron chi connectivity index (χ4n) is 3.25. The van der Waals surface area contributed by atoms with Crippen molar-refractivity contribution in [2.75, 3.05) is 6.54 Å². The summed E-state index contributed by atoms with van der Waals surface area (Å²) in [5, 5.41) is 4.15. The number of rotatable bonds is 5. The number of nitrogens with zero attached hydrogens (tertiary/aromatic N) is 5. The first-order chi connectivity index (χ1) is 12.6. The van der Waals surface area contributed by atoms with Crippen molar-refractivity contribution in [3.8, 4) is 0 Å². The summed E-state index contributed by atoms with van der Waals surface area (Å²) in [6.45, 7) is 7.62. The van der Waals surface area contributed by atoms with E-state index in [4.69, 9.17) is 4.52 Å². The fourth-order valence-corrected chi connectivity index (χ4v) is 3.25. The van der Waals surface area contributed by atoms with Gasteiger partial charge in [-0.05, 0) is 25.8 Å². The van der Waals surface area contributed by atoms with E-state index < -0.39 is 0 Å². The molecule has 0 N–H and O–H groups in total. The number of imidazole rings is 1. The van der Waals surface area contributed by atoms with Crippen LogP contribution in [0.5, 0.6) is 0 Å². The molecule has 0 bridgehead atoms. The molecule has 0 aliphatic carbocycles. The molecule has 0 saturated carbocycles. The van der Waals surface area contributed by atoms with Crippen molar-refractivity contribution < 1.29 is 9.32 Å². The number of aryl methyl sites for hydroxylation is 1. The van der Waals surface area contributed by atoms with Crippen LogP contribution < -0.4 is 0 Å². The first-order valence-electron chi connectivity index (χ1n) is 9.43. The molecule has 7 nitrogen and oxygen atoms in total. The Morgan fingerprint density at radius 2 is 2.23 bits per heavy atom. The molecule has 3 heterocycles. The molecule has 1 fully saturated rings. The Hall–Kier alpha value is -2.44. The Balaban J connectivity index is 1.80. The van der Waals surface area contributed by atoms with E-state index >= 15 is 0 Å². The van der Waals surface area contributed by atoms with Gasteiger partial charge < -0.3 is 14.0 Å². The van der Waals surface area contributed by atoms with E-state index in [0.29, 0.717) is 18.3 Å². The van der Waals surface area contributed by atoms with E-state index in [9.17, 15) is 4.79 Å². The molecular weight excluding hydrogens is 330 g/mol. The zero-order valence-corrected chi connectivity index (χ0v) is 15.8. The van der Waals surface area contributed by atoms with Gasteiger partial charge in [-0.25, -0.2) is 4.98 Å². The van der Waals surface area contributed by atoms with Crippen LogP contribution in [0.25, 0.3) is 6.08 Å². The largest absolute Gasteiger partial charge is 0.339 e. The monoisotopic (exact) mass is 357 g/mol. The highest BCUT2D eigenvalue weighted by atomic mass is 16.5. The lowest BCUT2D eigenvalue weighted by molar-refractivity contribution is -0.128. The highest BCUT2D eigenvalue weighted by Gasteiger charge is 2.29. The molecule has 2 aromatic heterocycles. The molecule has 7 heteroatoms. The molecule has 1 unspecified atom stereocenters. The Morgan fingerprint density at radius 1 is 1.38 bits per heavy atom. The van der Waals surface area contributed by atoms with Crippen LogP contribution in [0.3, 0.4) is 0 Å². The van der Waals surface area contributed by atoms with Gasteiger partial charge in [0.15, 0.2) is 5.82 Å². The molecule has 140 valence electrons. The van der Waals surface area contributed by atoms with Gasteiger partial charge in [-0.2, -0.15) is 4.98 Å². The molecule has 1 aliphatic rings. The highest BCUT2D eigenvalue weighted by molar-refractivity contribution is 5.91. The van der Waals surface area contributed by atoms with Gasteiger partial charge in [0.25, 0.3) is 0 Å². The predicted octanol–water partition coefficient (Wildman–Crippen LogP) is 3.57. The topological polar surface area (TPSA) is 77.0 Å². The lowest BCUT2D eigenvalue weighted by Gasteiger charge is -2.26. The molecular formula is C19H27N5O2. The number of aromatic nitrogens is 4. The molecule has 2 aromatic rings. The van der Waals surface area contributed by atoms with E-state index in [1.165, 1.54) is 0 Å². The lowest BCUT2D eigenvalue weighted by atomic mass is 10.1. The first-order valence-corrected chi connectivity index (χ1v) is 9.43. The van der Waals surface area contributed by atoms with Gasteiger partial charge >= 0.3 is 0 Å². The average molecular weight is 357 g/mol. The second-order valence-corrected chi connectivity index (χ2v) is 6.95. The van der Waals surface area contributed by atoms with Gasteiger partial charge in [0.1, 0.15) is 5.82 Å². The summed E-state index contributed by atoms with van der Waals surface area (Å²) in [5.74, 6) is 2.18. The molecule has 3 rings (SSSR count). The summed E-state index contributed by atoms with van der Waals surface area (Å²) in [4.78, 5) is 23.6. The van der Waals surface area contributed by atoms with E-state index in [-0.39, 0.29) is 17.9 Å². The van der Waals surface area contributed by atoms with Crippen molar-refractivity contribution in [2.24, 2.45) is 0 Å². The molecule has 1 amide bonds. The Morgan fingerprint density at radius 3 is 2.96 bits per heavy atom. The third-order valence-corrected chi connectivity index (χ3v) is 4.75. The third-order valence-electron chi connectivity index (χ3n) is 4.75. The minimum Gasteiger partial charge on any atom is -0.339 e. The molecule has 1 atom stereocenters. The van der Waals surface area contributed by atoms with Gasteiger partial charge in [-0.1, -0.05) is 31.8 Å². The van der Waals surface area contributed by atoms with Gasteiger partial charge in [0.05, 0.1) is 6.04 Å². The average Bonchev–Trinajstić information content (AvgIpc) is 3.23. The minimum atomic E-state index is -0.128. The Kier molecular flexibility index (Phi) is 5.85. The fraction of sp³-hybridized carbons (Fsp3) is 0.579. The van der Waals surface area contributed by atoms with Crippen LogP contribution in [0.1, 0.15) is 76.0 Å².